The zero-order valence-corrected chi connectivity index (χ0v) is 12.7. The van der Waals surface area contributed by atoms with Crippen LogP contribution in [0.15, 0.2) is 28.7 Å². The second-order valence-electron chi connectivity index (χ2n) is 5.32. The Labute approximate surface area is 122 Å². The van der Waals surface area contributed by atoms with Gasteiger partial charge in [-0.25, -0.2) is 0 Å². The zero-order chi connectivity index (χ0) is 13.8. The van der Waals surface area contributed by atoms with Crippen LogP contribution in [-0.4, -0.2) is 17.6 Å². The number of carboxylic acid groups (broad SMARTS) is 1. The van der Waals surface area contributed by atoms with Crippen LogP contribution in [0.3, 0.4) is 0 Å². The average Bonchev–Trinajstić information content (AvgIpc) is 2.84. The summed E-state index contributed by atoms with van der Waals surface area (Å²) in [7, 11) is 0. The summed E-state index contributed by atoms with van der Waals surface area (Å²) in [6.07, 6.45) is 2.89. The third-order valence-corrected chi connectivity index (χ3v) is 4.50. The van der Waals surface area contributed by atoms with Crippen LogP contribution in [0.25, 0.3) is 0 Å². The van der Waals surface area contributed by atoms with Crippen molar-refractivity contribution in [3.8, 4) is 0 Å². The highest BCUT2D eigenvalue weighted by molar-refractivity contribution is 9.10. The number of halogens is 1. The Morgan fingerprint density at radius 3 is 3.00 bits per heavy atom. The van der Waals surface area contributed by atoms with Gasteiger partial charge in [-0.2, -0.15) is 0 Å². The number of nitrogens with one attached hydrogen (secondary N) is 1. The number of carbonyl (C=O) groups is 1. The van der Waals surface area contributed by atoms with E-state index in [4.69, 9.17) is 5.11 Å². The predicted octanol–water partition coefficient (Wildman–Crippen LogP) is 3.60. The van der Waals surface area contributed by atoms with Gasteiger partial charge in [0.15, 0.2) is 0 Å². The van der Waals surface area contributed by atoms with E-state index in [1.54, 1.807) is 0 Å². The SMILES string of the molecule is CC(NCC1CCCC1C(=O)O)c1cccc(Br)c1. The molecule has 0 radical (unpaired) electrons. The van der Waals surface area contributed by atoms with Crippen LogP contribution >= 0.6 is 15.9 Å². The van der Waals surface area contributed by atoms with Crippen molar-refractivity contribution in [3.05, 3.63) is 34.3 Å². The summed E-state index contributed by atoms with van der Waals surface area (Å²) in [4.78, 5) is 11.1. The molecule has 1 fully saturated rings. The molecule has 1 aliphatic rings. The fraction of sp³-hybridized carbons (Fsp3) is 0.533. The number of rotatable bonds is 5. The highest BCUT2D eigenvalue weighted by Gasteiger charge is 2.32. The van der Waals surface area contributed by atoms with Gasteiger partial charge in [0.1, 0.15) is 0 Å². The van der Waals surface area contributed by atoms with Crippen molar-refractivity contribution in [2.24, 2.45) is 11.8 Å². The molecular weight excluding hydrogens is 306 g/mol. The molecule has 0 spiro atoms. The molecule has 0 bridgehead atoms. The van der Waals surface area contributed by atoms with Gasteiger partial charge < -0.3 is 10.4 Å². The Hall–Kier alpha value is -0.870. The highest BCUT2D eigenvalue weighted by Crippen LogP contribution is 2.32. The summed E-state index contributed by atoms with van der Waals surface area (Å²) < 4.78 is 1.07. The molecule has 3 unspecified atom stereocenters. The molecule has 0 heterocycles. The first-order chi connectivity index (χ1) is 9.08. The van der Waals surface area contributed by atoms with Crippen LogP contribution in [-0.2, 0) is 4.79 Å². The van der Waals surface area contributed by atoms with Gasteiger partial charge in [0, 0.05) is 10.5 Å². The molecule has 104 valence electrons. The first-order valence-electron chi connectivity index (χ1n) is 6.79. The van der Waals surface area contributed by atoms with Crippen molar-refractivity contribution >= 4 is 21.9 Å². The largest absolute Gasteiger partial charge is 0.481 e. The van der Waals surface area contributed by atoms with E-state index in [0.717, 1.165) is 30.3 Å². The first kappa shape index (κ1) is 14.5. The Bertz CT molecular complexity index is 450. The maximum atomic E-state index is 11.1. The van der Waals surface area contributed by atoms with Crippen LogP contribution in [0.4, 0.5) is 0 Å². The lowest BCUT2D eigenvalue weighted by Crippen LogP contribution is -2.30. The second kappa shape index (κ2) is 6.53. The van der Waals surface area contributed by atoms with Crippen LogP contribution in [0.1, 0.15) is 37.8 Å². The summed E-state index contributed by atoms with van der Waals surface area (Å²) in [5.41, 5.74) is 1.22. The number of benzene rings is 1. The topological polar surface area (TPSA) is 49.3 Å². The van der Waals surface area contributed by atoms with E-state index in [0.29, 0.717) is 0 Å². The maximum Gasteiger partial charge on any atom is 0.306 e. The van der Waals surface area contributed by atoms with Crippen LogP contribution in [0.5, 0.6) is 0 Å². The van der Waals surface area contributed by atoms with Crippen LogP contribution < -0.4 is 5.32 Å². The van der Waals surface area contributed by atoms with Gasteiger partial charge >= 0.3 is 5.97 Å². The minimum Gasteiger partial charge on any atom is -0.481 e. The molecule has 2 N–H and O–H groups in total. The molecule has 4 heteroatoms. The number of hydrogen-bond donors (Lipinski definition) is 2. The lowest BCUT2D eigenvalue weighted by Gasteiger charge is -2.20. The molecule has 1 aliphatic carbocycles. The minimum absolute atomic E-state index is 0.165. The Kier molecular flexibility index (Phi) is 4.99. The second-order valence-corrected chi connectivity index (χ2v) is 6.24. The fourth-order valence-corrected chi connectivity index (χ4v) is 3.25. The normalized spacial score (nSPS) is 24.3. The van der Waals surface area contributed by atoms with Gasteiger partial charge in [-0.3, -0.25) is 4.79 Å². The molecule has 2 rings (SSSR count). The molecule has 0 saturated heterocycles. The Morgan fingerprint density at radius 2 is 2.32 bits per heavy atom. The zero-order valence-electron chi connectivity index (χ0n) is 11.1. The van der Waals surface area contributed by atoms with E-state index in [9.17, 15) is 4.79 Å². The molecule has 19 heavy (non-hydrogen) atoms. The summed E-state index contributed by atoms with van der Waals surface area (Å²) in [5.74, 6) is -0.534. The third-order valence-electron chi connectivity index (χ3n) is 4.01. The van der Waals surface area contributed by atoms with Gasteiger partial charge in [0.05, 0.1) is 5.92 Å². The average molecular weight is 326 g/mol. The standard InChI is InChI=1S/C15H20BrNO2/c1-10(11-4-2-6-13(16)8-11)17-9-12-5-3-7-14(12)15(18)19/h2,4,6,8,10,12,14,17H,3,5,7,9H2,1H3,(H,18,19). The monoisotopic (exact) mass is 325 g/mol. The Balaban J connectivity index is 1.90. The van der Waals surface area contributed by atoms with Gasteiger partial charge in [-0.1, -0.05) is 34.5 Å². The van der Waals surface area contributed by atoms with E-state index in [-0.39, 0.29) is 17.9 Å². The molecule has 3 nitrogen and oxygen atoms in total. The van der Waals surface area contributed by atoms with Gasteiger partial charge in [-0.15, -0.1) is 0 Å². The molecule has 0 aliphatic heterocycles. The molecule has 1 aromatic rings. The molecule has 1 aromatic carbocycles. The van der Waals surface area contributed by atoms with Crippen molar-refractivity contribution in [3.63, 3.8) is 0 Å². The van der Waals surface area contributed by atoms with E-state index < -0.39 is 5.97 Å². The van der Waals surface area contributed by atoms with Crippen molar-refractivity contribution in [1.82, 2.24) is 5.32 Å². The van der Waals surface area contributed by atoms with Crippen molar-refractivity contribution in [2.45, 2.75) is 32.2 Å². The third kappa shape index (κ3) is 3.80. The summed E-state index contributed by atoms with van der Waals surface area (Å²) in [6.45, 7) is 2.90. The van der Waals surface area contributed by atoms with Gasteiger partial charge in [0.25, 0.3) is 0 Å². The molecule has 0 aromatic heterocycles. The van der Waals surface area contributed by atoms with Gasteiger partial charge in [0.2, 0.25) is 0 Å². The van der Waals surface area contributed by atoms with E-state index in [1.165, 1.54) is 5.56 Å². The molecular formula is C15H20BrNO2. The molecule has 3 atom stereocenters. The van der Waals surface area contributed by atoms with E-state index in [2.05, 4.69) is 40.3 Å². The highest BCUT2D eigenvalue weighted by atomic mass is 79.9. The lowest BCUT2D eigenvalue weighted by atomic mass is 9.95. The number of hydrogen-bond acceptors (Lipinski definition) is 2. The quantitative estimate of drug-likeness (QED) is 0.869. The van der Waals surface area contributed by atoms with Crippen LogP contribution in [0.2, 0.25) is 0 Å². The minimum atomic E-state index is -0.639. The summed E-state index contributed by atoms with van der Waals surface area (Å²) in [6, 6.07) is 8.46. The maximum absolute atomic E-state index is 11.1. The first-order valence-corrected chi connectivity index (χ1v) is 7.59. The summed E-state index contributed by atoms with van der Waals surface area (Å²) in [5, 5.41) is 12.6. The van der Waals surface area contributed by atoms with Crippen molar-refractivity contribution in [2.75, 3.05) is 6.54 Å². The van der Waals surface area contributed by atoms with Crippen molar-refractivity contribution < 1.29 is 9.90 Å². The molecule has 0 amide bonds. The molecule has 1 saturated carbocycles. The van der Waals surface area contributed by atoms with Gasteiger partial charge in [-0.05, 0) is 49.9 Å². The smallest absolute Gasteiger partial charge is 0.306 e. The predicted molar refractivity (Wildman–Crippen MR) is 79.0 cm³/mol. The van der Waals surface area contributed by atoms with Crippen molar-refractivity contribution in [1.29, 1.82) is 0 Å². The fourth-order valence-electron chi connectivity index (χ4n) is 2.83. The number of aliphatic carboxylic acids is 1. The lowest BCUT2D eigenvalue weighted by molar-refractivity contribution is -0.142. The van der Waals surface area contributed by atoms with Crippen LogP contribution in [0, 0.1) is 11.8 Å². The van der Waals surface area contributed by atoms with E-state index in [1.807, 2.05) is 12.1 Å². The Morgan fingerprint density at radius 1 is 1.53 bits per heavy atom. The summed E-state index contributed by atoms with van der Waals surface area (Å²) >= 11 is 3.47. The number of carboxylic acids is 1. The van der Waals surface area contributed by atoms with E-state index >= 15 is 0 Å².